The first kappa shape index (κ1) is 27.6. The minimum atomic E-state index is -0.222. The summed E-state index contributed by atoms with van der Waals surface area (Å²) in [5.74, 6) is 0.857. The molecule has 2 aliphatic carbocycles. The van der Waals surface area contributed by atoms with Crippen LogP contribution in [0, 0.1) is 0 Å². The molecule has 3 nitrogen and oxygen atoms in total. The maximum atomic E-state index is 5.45. The van der Waals surface area contributed by atoms with Crippen LogP contribution in [0.1, 0.15) is 24.0 Å². The van der Waals surface area contributed by atoms with Crippen molar-refractivity contribution in [2.75, 3.05) is 0 Å². The SMILES string of the molecule is CC12C=CC=CC1c1cccc3c1c1c4c2cc(-c2ccccc2)cc4ccc1n3-c1nc(-c2ccc3ccccc3c2)c2ccccc2n1. The maximum absolute atomic E-state index is 5.45. The van der Waals surface area contributed by atoms with Gasteiger partial charge in [-0.1, -0.05) is 134 Å². The fraction of sp³-hybridized carbons (Fsp3) is 0.0638. The largest absolute Gasteiger partial charge is 0.278 e. The molecular formula is C47H31N3. The van der Waals surface area contributed by atoms with Crippen molar-refractivity contribution in [2.24, 2.45) is 0 Å². The number of benzene rings is 7. The van der Waals surface area contributed by atoms with Gasteiger partial charge in [-0.3, -0.25) is 4.57 Å². The highest BCUT2D eigenvalue weighted by molar-refractivity contribution is 6.24. The third-order valence-corrected chi connectivity index (χ3v) is 11.2. The van der Waals surface area contributed by atoms with Gasteiger partial charge in [-0.2, -0.15) is 0 Å². The fourth-order valence-corrected chi connectivity index (χ4v) is 8.88. The predicted octanol–water partition coefficient (Wildman–Crippen LogP) is 11.8. The van der Waals surface area contributed by atoms with Crippen molar-refractivity contribution in [1.82, 2.24) is 14.5 Å². The molecule has 0 saturated heterocycles. The van der Waals surface area contributed by atoms with Crippen LogP contribution in [0.2, 0.25) is 0 Å². The lowest BCUT2D eigenvalue weighted by Gasteiger charge is -2.36. The molecule has 7 aromatic carbocycles. The number of aromatic nitrogens is 3. The van der Waals surface area contributed by atoms with Crippen LogP contribution < -0.4 is 0 Å². The van der Waals surface area contributed by atoms with Crippen LogP contribution in [0.5, 0.6) is 0 Å². The molecule has 0 amide bonds. The first-order valence-corrected chi connectivity index (χ1v) is 17.4. The summed E-state index contributed by atoms with van der Waals surface area (Å²) >= 11 is 0. The topological polar surface area (TPSA) is 30.7 Å². The van der Waals surface area contributed by atoms with Gasteiger partial charge in [0.1, 0.15) is 0 Å². The highest BCUT2D eigenvalue weighted by Gasteiger charge is 2.40. The Bertz CT molecular complexity index is 2950. The molecule has 50 heavy (non-hydrogen) atoms. The average molecular weight is 638 g/mol. The van der Waals surface area contributed by atoms with E-state index in [0.717, 1.165) is 33.2 Å². The summed E-state index contributed by atoms with van der Waals surface area (Å²) in [6.07, 6.45) is 9.26. The van der Waals surface area contributed by atoms with E-state index < -0.39 is 0 Å². The number of para-hydroxylation sites is 1. The second-order valence-electron chi connectivity index (χ2n) is 14.0. The summed E-state index contributed by atoms with van der Waals surface area (Å²) in [5.41, 5.74) is 10.2. The van der Waals surface area contributed by atoms with Crippen LogP contribution in [0.25, 0.3) is 82.6 Å². The molecule has 0 spiro atoms. The summed E-state index contributed by atoms with van der Waals surface area (Å²) in [6, 6.07) is 50.5. The Morgan fingerprint density at radius 2 is 1.34 bits per heavy atom. The highest BCUT2D eigenvalue weighted by Crippen LogP contribution is 2.54. The van der Waals surface area contributed by atoms with Gasteiger partial charge in [0, 0.05) is 33.1 Å². The van der Waals surface area contributed by atoms with Crippen LogP contribution in [0.15, 0.2) is 164 Å². The van der Waals surface area contributed by atoms with Crippen molar-refractivity contribution < 1.29 is 0 Å². The van der Waals surface area contributed by atoms with E-state index in [-0.39, 0.29) is 11.3 Å². The van der Waals surface area contributed by atoms with Crippen molar-refractivity contribution in [1.29, 1.82) is 0 Å². The normalized spacial score (nSPS) is 17.8. The summed E-state index contributed by atoms with van der Waals surface area (Å²) < 4.78 is 2.31. The van der Waals surface area contributed by atoms with Crippen molar-refractivity contribution in [3.05, 3.63) is 175 Å². The molecule has 2 unspecified atom stereocenters. The fourth-order valence-electron chi connectivity index (χ4n) is 8.88. The van der Waals surface area contributed by atoms with E-state index in [2.05, 4.69) is 175 Å². The van der Waals surface area contributed by atoms with Gasteiger partial charge >= 0.3 is 0 Å². The molecule has 0 bridgehead atoms. The molecule has 0 saturated carbocycles. The first-order chi connectivity index (χ1) is 24.7. The molecule has 0 fully saturated rings. The molecule has 2 aromatic heterocycles. The number of nitrogens with zero attached hydrogens (tertiary/aromatic N) is 3. The molecule has 3 heteroatoms. The van der Waals surface area contributed by atoms with E-state index in [1.54, 1.807) is 0 Å². The maximum Gasteiger partial charge on any atom is 0.235 e. The summed E-state index contributed by atoms with van der Waals surface area (Å²) in [6.45, 7) is 2.42. The lowest BCUT2D eigenvalue weighted by molar-refractivity contribution is 0.533. The van der Waals surface area contributed by atoms with Crippen LogP contribution >= 0.6 is 0 Å². The number of hydrogen-bond donors (Lipinski definition) is 0. The van der Waals surface area contributed by atoms with Gasteiger partial charge in [-0.15, -0.1) is 0 Å². The second kappa shape index (κ2) is 10.1. The average Bonchev–Trinajstić information content (AvgIpc) is 3.47. The summed E-state index contributed by atoms with van der Waals surface area (Å²) in [4.78, 5) is 10.7. The number of hydrogen-bond acceptors (Lipinski definition) is 2. The van der Waals surface area contributed by atoms with Gasteiger partial charge in [-0.05, 0) is 80.2 Å². The molecule has 11 rings (SSSR count). The van der Waals surface area contributed by atoms with Crippen LogP contribution in [0.4, 0.5) is 0 Å². The molecule has 2 atom stereocenters. The highest BCUT2D eigenvalue weighted by atomic mass is 15.2. The van der Waals surface area contributed by atoms with E-state index in [9.17, 15) is 0 Å². The lowest BCUT2D eigenvalue weighted by Crippen LogP contribution is -2.28. The van der Waals surface area contributed by atoms with Gasteiger partial charge < -0.3 is 0 Å². The Hall–Kier alpha value is -6.32. The summed E-state index contributed by atoms with van der Waals surface area (Å²) in [5, 5.41) is 8.61. The number of rotatable bonds is 3. The van der Waals surface area contributed by atoms with Gasteiger partial charge in [0.25, 0.3) is 0 Å². The van der Waals surface area contributed by atoms with Gasteiger partial charge in [-0.25, -0.2) is 9.97 Å². The van der Waals surface area contributed by atoms with E-state index >= 15 is 0 Å². The molecule has 2 aliphatic rings. The third-order valence-electron chi connectivity index (χ3n) is 11.2. The third kappa shape index (κ3) is 3.75. The molecule has 234 valence electrons. The minimum Gasteiger partial charge on any atom is -0.278 e. The molecule has 0 N–H and O–H groups in total. The molecule has 0 radical (unpaired) electrons. The van der Waals surface area contributed by atoms with Crippen LogP contribution in [0.3, 0.4) is 0 Å². The van der Waals surface area contributed by atoms with Gasteiger partial charge in [0.15, 0.2) is 0 Å². The van der Waals surface area contributed by atoms with Crippen molar-refractivity contribution in [3.63, 3.8) is 0 Å². The lowest BCUT2D eigenvalue weighted by atomic mass is 9.66. The van der Waals surface area contributed by atoms with Gasteiger partial charge in [0.2, 0.25) is 5.95 Å². The molecular weight excluding hydrogens is 607 g/mol. The summed E-state index contributed by atoms with van der Waals surface area (Å²) in [7, 11) is 0. The van der Waals surface area contributed by atoms with Crippen molar-refractivity contribution in [3.8, 4) is 28.3 Å². The zero-order valence-corrected chi connectivity index (χ0v) is 27.5. The Balaban J connectivity index is 1.27. The Morgan fingerprint density at radius 1 is 0.560 bits per heavy atom. The zero-order valence-electron chi connectivity index (χ0n) is 27.5. The van der Waals surface area contributed by atoms with Crippen LogP contribution in [-0.4, -0.2) is 14.5 Å². The Kier molecular flexibility index (Phi) is 5.58. The Labute approximate surface area is 289 Å². The minimum absolute atomic E-state index is 0.169. The monoisotopic (exact) mass is 637 g/mol. The second-order valence-corrected chi connectivity index (χ2v) is 14.0. The zero-order chi connectivity index (χ0) is 33.0. The van der Waals surface area contributed by atoms with E-state index in [1.807, 2.05) is 0 Å². The van der Waals surface area contributed by atoms with Gasteiger partial charge in [0.05, 0.1) is 22.2 Å². The van der Waals surface area contributed by atoms with Crippen molar-refractivity contribution in [2.45, 2.75) is 18.3 Å². The predicted molar refractivity (Wildman–Crippen MR) is 208 cm³/mol. The Morgan fingerprint density at radius 3 is 2.26 bits per heavy atom. The molecule has 0 aliphatic heterocycles. The molecule has 2 heterocycles. The molecule has 9 aromatic rings. The van der Waals surface area contributed by atoms with E-state index in [1.165, 1.54) is 54.6 Å². The standard InChI is InChI=1S/C47H31N3/c1-47-25-10-9-18-37(47)35-17-11-20-40-43(35)44-41(24-23-32-27-34(28-38(47)42(32)44)29-12-3-2-4-13-29)50(40)46-48-39-19-8-7-16-36(39)45(49-46)33-22-21-30-14-5-6-15-31(30)26-33/h2-28,37H,1H3. The van der Waals surface area contributed by atoms with E-state index in [0.29, 0.717) is 5.95 Å². The van der Waals surface area contributed by atoms with Crippen molar-refractivity contribution >= 4 is 54.3 Å². The van der Waals surface area contributed by atoms with Crippen LogP contribution in [-0.2, 0) is 5.41 Å². The number of allylic oxidation sites excluding steroid dienone is 4. The first-order valence-electron chi connectivity index (χ1n) is 17.4. The van der Waals surface area contributed by atoms with E-state index in [4.69, 9.17) is 9.97 Å². The quantitative estimate of drug-likeness (QED) is 0.193. The number of fused-ring (bicyclic) bond motifs is 5. The smallest absolute Gasteiger partial charge is 0.235 e.